The minimum Gasteiger partial charge on any atom is -0.458 e. The largest absolute Gasteiger partial charge is 0.458 e. The van der Waals surface area contributed by atoms with Crippen molar-refractivity contribution in [3.63, 3.8) is 0 Å². The molecule has 5 aliphatic carbocycles. The van der Waals surface area contributed by atoms with Gasteiger partial charge >= 0.3 is 35.8 Å². The van der Waals surface area contributed by atoms with E-state index in [4.69, 9.17) is 37.9 Å². The third kappa shape index (κ3) is 9.05. The maximum atomic E-state index is 12.8. The second-order valence-electron chi connectivity index (χ2n) is 23.7. The monoisotopic (exact) mass is 929 g/mol. The summed E-state index contributed by atoms with van der Waals surface area (Å²) in [6, 6.07) is 0. The zero-order valence-electron chi connectivity index (χ0n) is 42.1. The van der Waals surface area contributed by atoms with Crippen molar-refractivity contribution in [2.45, 2.75) is 216 Å². The minimum atomic E-state index is -1.45. The second kappa shape index (κ2) is 18.6. The van der Waals surface area contributed by atoms with E-state index in [-0.39, 0.29) is 16.7 Å². The van der Waals surface area contributed by atoms with Gasteiger partial charge in [0.05, 0.1) is 6.61 Å². The standard InChI is InChI=1S/C52H80O14/c1-27-24-48(8,9)38-20-23-52(13)40(50(38,11)25-27)17-16-39-49(10)21-18-34(35(49)19-22-51(39,52)12)28(2)14-15-36(60-29(3)53)41(62-31(5)55)37(61-30(4)54)26-59-47-45(64-33(7)57)43-42(63-32(6)56)44(66-47)46(58)65-43/h27-28,34-45,47H,14-26H2,1-13H3/t27-,28-,34-,35+,36?,37?,38+,39-,40-,41?,42+,43-,44-,45+,47+,49+,50+,51-,52-/m1/s1. The fourth-order valence-corrected chi connectivity index (χ4v) is 17.1. The molecule has 2 bridgehead atoms. The zero-order chi connectivity index (χ0) is 48.5. The molecule has 3 unspecified atom stereocenters. The van der Waals surface area contributed by atoms with Gasteiger partial charge in [-0.2, -0.15) is 0 Å². The van der Waals surface area contributed by atoms with Gasteiger partial charge in [0.1, 0.15) is 6.10 Å². The van der Waals surface area contributed by atoms with Gasteiger partial charge < -0.3 is 37.9 Å². The molecule has 14 heteroatoms. The van der Waals surface area contributed by atoms with Crippen LogP contribution in [0.2, 0.25) is 0 Å². The first kappa shape index (κ1) is 50.6. The summed E-state index contributed by atoms with van der Waals surface area (Å²) in [5, 5.41) is 0. The first-order valence-corrected chi connectivity index (χ1v) is 25.1. The number of ether oxygens (including phenoxy) is 8. The molecule has 0 aromatic rings. The number of rotatable bonds is 14. The Morgan fingerprint density at radius 2 is 1.23 bits per heavy atom. The maximum absolute atomic E-state index is 12.8. The fourth-order valence-electron chi connectivity index (χ4n) is 17.1. The van der Waals surface area contributed by atoms with E-state index in [0.29, 0.717) is 46.8 Å². The summed E-state index contributed by atoms with van der Waals surface area (Å²) in [5.74, 6) is -0.0796. The highest BCUT2D eigenvalue weighted by Gasteiger charge is 2.71. The Hall–Kier alpha value is -3.26. The van der Waals surface area contributed by atoms with Gasteiger partial charge in [-0.05, 0) is 146 Å². The molecule has 2 saturated heterocycles. The number of esters is 6. The van der Waals surface area contributed by atoms with Crippen LogP contribution in [0.1, 0.15) is 167 Å². The molecule has 2 aliphatic heterocycles. The Morgan fingerprint density at radius 3 is 1.83 bits per heavy atom. The SMILES string of the molecule is CC(=O)OC(CC[C@@H](C)[C@H]1CC[C@]2(C)[C@H]3CC[C@@H]4[C@@]5(C)C[C@H](C)CC(C)(C)[C@@H]5CC[C@@]4(C)[C@]3(C)CC[C@@H]12)C(OC(C)=O)C(CO[C@H]1O[C@H]2C(=O)O[C@@H]([C@@H]1OC(C)=O)[C@@H]2OC(C)=O)OC(C)=O. The Bertz CT molecular complexity index is 1880. The van der Waals surface area contributed by atoms with Crippen molar-refractivity contribution in [1.29, 1.82) is 0 Å². The van der Waals surface area contributed by atoms with E-state index < -0.39 is 91.4 Å². The third-order valence-corrected chi connectivity index (χ3v) is 19.2. The van der Waals surface area contributed by atoms with Crippen molar-refractivity contribution in [2.24, 2.45) is 68.5 Å². The van der Waals surface area contributed by atoms with Crippen molar-refractivity contribution < 1.29 is 66.7 Å². The van der Waals surface area contributed by atoms with Gasteiger partial charge in [0, 0.05) is 34.6 Å². The van der Waals surface area contributed by atoms with E-state index in [9.17, 15) is 28.8 Å². The van der Waals surface area contributed by atoms with Crippen LogP contribution in [0.3, 0.4) is 0 Å². The molecule has 7 rings (SSSR count). The predicted octanol–water partition coefficient (Wildman–Crippen LogP) is 8.47. The van der Waals surface area contributed by atoms with E-state index in [1.54, 1.807) is 0 Å². The molecule has 0 N–H and O–H groups in total. The van der Waals surface area contributed by atoms with E-state index in [2.05, 4.69) is 55.4 Å². The Kier molecular flexibility index (Phi) is 14.2. The predicted molar refractivity (Wildman–Crippen MR) is 240 cm³/mol. The summed E-state index contributed by atoms with van der Waals surface area (Å²) in [5.41, 5.74) is 1.55. The zero-order valence-corrected chi connectivity index (χ0v) is 42.1. The summed E-state index contributed by atoms with van der Waals surface area (Å²) in [4.78, 5) is 75.1. The lowest BCUT2D eigenvalue weighted by Gasteiger charge is -2.73. The highest BCUT2D eigenvalue weighted by atomic mass is 16.8. The van der Waals surface area contributed by atoms with Crippen molar-refractivity contribution in [3.05, 3.63) is 0 Å². The lowest BCUT2D eigenvalue weighted by atomic mass is 9.31. The maximum Gasteiger partial charge on any atom is 0.340 e. The van der Waals surface area contributed by atoms with E-state index in [1.807, 2.05) is 0 Å². The number of hydrogen-bond donors (Lipinski definition) is 0. The first-order valence-electron chi connectivity index (χ1n) is 25.1. The van der Waals surface area contributed by atoms with Crippen LogP contribution in [-0.2, 0) is 66.7 Å². The Morgan fingerprint density at radius 1 is 0.652 bits per heavy atom. The van der Waals surface area contributed by atoms with Gasteiger partial charge in [0.2, 0.25) is 0 Å². The van der Waals surface area contributed by atoms with Crippen LogP contribution in [0.25, 0.3) is 0 Å². The van der Waals surface area contributed by atoms with E-state index >= 15 is 0 Å². The van der Waals surface area contributed by atoms with Crippen LogP contribution < -0.4 is 0 Å². The van der Waals surface area contributed by atoms with Gasteiger partial charge in [-0.25, -0.2) is 4.79 Å². The number of hydrogen-bond acceptors (Lipinski definition) is 14. The van der Waals surface area contributed by atoms with E-state index in [0.717, 1.165) is 38.0 Å². The van der Waals surface area contributed by atoms with Crippen molar-refractivity contribution in [3.8, 4) is 0 Å². The van der Waals surface area contributed by atoms with Gasteiger partial charge in [0.25, 0.3) is 0 Å². The molecule has 0 aromatic heterocycles. The summed E-state index contributed by atoms with van der Waals surface area (Å²) in [6.07, 6.45) is 3.45. The fraction of sp³-hybridized carbons (Fsp3) is 0.885. The highest BCUT2D eigenvalue weighted by molar-refractivity contribution is 5.80. The van der Waals surface area contributed by atoms with Crippen LogP contribution >= 0.6 is 0 Å². The van der Waals surface area contributed by atoms with Gasteiger partial charge in [0.15, 0.2) is 42.9 Å². The highest BCUT2D eigenvalue weighted by Crippen LogP contribution is 2.78. The molecule has 372 valence electrons. The average Bonchev–Trinajstić information content (AvgIpc) is 3.64. The number of carbonyl (C=O) groups is 6. The average molecular weight is 929 g/mol. The topological polar surface area (TPSA) is 176 Å². The van der Waals surface area contributed by atoms with Crippen molar-refractivity contribution in [1.82, 2.24) is 0 Å². The molecular formula is C52H80O14. The quantitative estimate of drug-likeness (QED) is 0.120. The lowest BCUT2D eigenvalue weighted by molar-refractivity contribution is -0.278. The molecule has 0 aromatic carbocycles. The first-order chi connectivity index (χ1) is 30.8. The normalized spacial score (nSPS) is 42.6. The molecule has 19 atom stereocenters. The molecule has 2 heterocycles. The van der Waals surface area contributed by atoms with Crippen molar-refractivity contribution >= 4 is 35.8 Å². The summed E-state index contributed by atoms with van der Waals surface area (Å²) in [7, 11) is 0. The Balaban J connectivity index is 1.07. The summed E-state index contributed by atoms with van der Waals surface area (Å²) in [6.45, 7) is 26.1. The van der Waals surface area contributed by atoms with Crippen LogP contribution in [-0.4, -0.2) is 91.4 Å². The van der Waals surface area contributed by atoms with Gasteiger partial charge in [-0.3, -0.25) is 24.0 Å². The van der Waals surface area contributed by atoms with Crippen LogP contribution in [0.15, 0.2) is 0 Å². The molecular weight excluding hydrogens is 849 g/mol. The summed E-state index contributed by atoms with van der Waals surface area (Å²) < 4.78 is 45.6. The molecule has 0 spiro atoms. The molecule has 0 radical (unpaired) electrons. The van der Waals surface area contributed by atoms with E-state index in [1.165, 1.54) is 78.6 Å². The minimum absolute atomic E-state index is 0.225. The summed E-state index contributed by atoms with van der Waals surface area (Å²) >= 11 is 0. The third-order valence-electron chi connectivity index (χ3n) is 19.2. The molecule has 66 heavy (non-hydrogen) atoms. The number of carbonyl (C=O) groups excluding carboxylic acids is 6. The second-order valence-corrected chi connectivity index (χ2v) is 23.7. The number of fused-ring (bicyclic) bond motifs is 9. The molecule has 0 amide bonds. The smallest absolute Gasteiger partial charge is 0.340 e. The van der Waals surface area contributed by atoms with Gasteiger partial charge in [-0.15, -0.1) is 0 Å². The molecule has 5 saturated carbocycles. The molecule has 7 fully saturated rings. The van der Waals surface area contributed by atoms with Crippen LogP contribution in [0.5, 0.6) is 0 Å². The molecule has 7 aliphatic rings. The van der Waals surface area contributed by atoms with Crippen molar-refractivity contribution in [2.75, 3.05) is 6.61 Å². The van der Waals surface area contributed by atoms with Crippen LogP contribution in [0, 0.1) is 68.5 Å². The molecule has 14 nitrogen and oxygen atoms in total. The van der Waals surface area contributed by atoms with Crippen LogP contribution in [0.4, 0.5) is 0 Å². The lowest BCUT2D eigenvalue weighted by Crippen LogP contribution is -2.66. The Labute approximate surface area is 392 Å². The van der Waals surface area contributed by atoms with Gasteiger partial charge in [-0.1, -0.05) is 55.4 Å².